The molecule has 0 saturated carbocycles. The van der Waals surface area contributed by atoms with E-state index in [9.17, 15) is 4.79 Å². The van der Waals surface area contributed by atoms with Gasteiger partial charge in [0.2, 0.25) is 0 Å². The van der Waals surface area contributed by atoms with E-state index in [1.54, 1.807) is 0 Å². The number of nitrogens with zero attached hydrogens (tertiary/aromatic N) is 2. The first-order valence-corrected chi connectivity index (χ1v) is 8.44. The van der Waals surface area contributed by atoms with E-state index in [1.807, 2.05) is 66.7 Å². The smallest absolute Gasteiger partial charge is 0.316 e. The summed E-state index contributed by atoms with van der Waals surface area (Å²) in [7, 11) is 1.37. The molecule has 5 heteroatoms. The second-order valence-corrected chi connectivity index (χ2v) is 5.96. The Kier molecular flexibility index (Phi) is 5.23. The summed E-state index contributed by atoms with van der Waals surface area (Å²) in [5.41, 5.74) is 3.68. The van der Waals surface area contributed by atoms with E-state index in [2.05, 4.69) is 14.7 Å². The van der Waals surface area contributed by atoms with Crippen LogP contribution in [0.3, 0.4) is 0 Å². The number of thioether (sulfide) groups is 1. The van der Waals surface area contributed by atoms with Crippen LogP contribution in [-0.4, -0.2) is 28.8 Å². The van der Waals surface area contributed by atoms with Crippen molar-refractivity contribution in [2.45, 2.75) is 5.16 Å². The summed E-state index contributed by atoms with van der Waals surface area (Å²) in [5.74, 6) is -0.113. The molecule has 1 heterocycles. The molecule has 0 spiro atoms. The van der Waals surface area contributed by atoms with Crippen molar-refractivity contribution in [1.29, 1.82) is 0 Å². The van der Waals surface area contributed by atoms with Crippen molar-refractivity contribution in [3.8, 4) is 22.5 Å². The summed E-state index contributed by atoms with van der Waals surface area (Å²) in [5, 5.41) is 0.556. The fraction of sp³-hybridized carbons (Fsp3) is 0.105. The van der Waals surface area contributed by atoms with Gasteiger partial charge in [-0.2, -0.15) is 0 Å². The van der Waals surface area contributed by atoms with Crippen LogP contribution >= 0.6 is 11.8 Å². The number of ether oxygens (including phenoxy) is 1. The van der Waals surface area contributed by atoms with Gasteiger partial charge in [-0.05, 0) is 6.07 Å². The van der Waals surface area contributed by atoms with Gasteiger partial charge in [-0.25, -0.2) is 9.97 Å². The van der Waals surface area contributed by atoms with Crippen LogP contribution in [0.4, 0.5) is 0 Å². The zero-order valence-electron chi connectivity index (χ0n) is 13.2. The summed E-state index contributed by atoms with van der Waals surface area (Å²) in [6, 6.07) is 21.8. The van der Waals surface area contributed by atoms with Crippen molar-refractivity contribution < 1.29 is 9.53 Å². The molecule has 0 saturated heterocycles. The van der Waals surface area contributed by atoms with Gasteiger partial charge in [0.1, 0.15) is 0 Å². The van der Waals surface area contributed by atoms with Crippen LogP contribution in [0, 0.1) is 0 Å². The first-order valence-electron chi connectivity index (χ1n) is 7.46. The van der Waals surface area contributed by atoms with Gasteiger partial charge in [-0.3, -0.25) is 4.79 Å². The average molecular weight is 336 g/mol. The number of benzene rings is 2. The van der Waals surface area contributed by atoms with E-state index in [1.165, 1.54) is 18.9 Å². The summed E-state index contributed by atoms with van der Waals surface area (Å²) in [4.78, 5) is 20.6. The van der Waals surface area contributed by atoms with Crippen molar-refractivity contribution in [1.82, 2.24) is 9.97 Å². The third kappa shape index (κ3) is 4.00. The SMILES string of the molecule is COC(=O)CSc1nc(-c2ccccc2)cc(-c2ccccc2)n1. The Morgan fingerprint density at radius 3 is 1.88 bits per heavy atom. The van der Waals surface area contributed by atoms with Crippen LogP contribution in [-0.2, 0) is 9.53 Å². The number of hydrogen-bond donors (Lipinski definition) is 0. The van der Waals surface area contributed by atoms with Gasteiger partial charge in [-0.1, -0.05) is 72.4 Å². The van der Waals surface area contributed by atoms with Gasteiger partial charge >= 0.3 is 5.97 Å². The lowest BCUT2D eigenvalue weighted by Crippen LogP contribution is -2.04. The molecule has 3 rings (SSSR count). The van der Waals surface area contributed by atoms with Crippen molar-refractivity contribution in [3.63, 3.8) is 0 Å². The number of aromatic nitrogens is 2. The Bertz CT molecular complexity index is 766. The number of esters is 1. The number of carbonyl (C=O) groups excluding carboxylic acids is 1. The van der Waals surface area contributed by atoms with E-state index >= 15 is 0 Å². The van der Waals surface area contributed by atoms with Crippen molar-refractivity contribution in [3.05, 3.63) is 66.7 Å². The number of methoxy groups -OCH3 is 1. The molecule has 2 aromatic carbocycles. The Morgan fingerprint density at radius 1 is 0.917 bits per heavy atom. The maximum atomic E-state index is 11.4. The molecule has 0 fully saturated rings. The maximum absolute atomic E-state index is 11.4. The number of hydrogen-bond acceptors (Lipinski definition) is 5. The van der Waals surface area contributed by atoms with Gasteiger partial charge in [0.15, 0.2) is 5.16 Å². The predicted molar refractivity (Wildman–Crippen MR) is 95.6 cm³/mol. The maximum Gasteiger partial charge on any atom is 0.316 e. The molecule has 24 heavy (non-hydrogen) atoms. The summed E-state index contributed by atoms with van der Waals surface area (Å²) in [6.45, 7) is 0. The van der Waals surface area contributed by atoms with Crippen molar-refractivity contribution in [2.24, 2.45) is 0 Å². The molecule has 0 aliphatic heterocycles. The largest absolute Gasteiger partial charge is 0.468 e. The van der Waals surface area contributed by atoms with Crippen LogP contribution in [0.2, 0.25) is 0 Å². The van der Waals surface area contributed by atoms with Crippen LogP contribution < -0.4 is 0 Å². The van der Waals surface area contributed by atoms with E-state index in [0.717, 1.165) is 22.5 Å². The minimum absolute atomic E-state index is 0.184. The van der Waals surface area contributed by atoms with E-state index in [-0.39, 0.29) is 11.7 Å². The van der Waals surface area contributed by atoms with Crippen LogP contribution in [0.25, 0.3) is 22.5 Å². The molecule has 4 nitrogen and oxygen atoms in total. The van der Waals surface area contributed by atoms with Gasteiger partial charge in [0, 0.05) is 11.1 Å². The zero-order valence-corrected chi connectivity index (χ0v) is 14.0. The molecule has 0 N–H and O–H groups in total. The Morgan fingerprint density at radius 2 is 1.42 bits per heavy atom. The highest BCUT2D eigenvalue weighted by Gasteiger charge is 2.10. The van der Waals surface area contributed by atoms with Gasteiger partial charge in [0.25, 0.3) is 0 Å². The summed E-state index contributed by atoms with van der Waals surface area (Å²) < 4.78 is 4.69. The second kappa shape index (κ2) is 7.75. The lowest BCUT2D eigenvalue weighted by atomic mass is 10.1. The molecule has 3 aromatic rings. The summed E-state index contributed by atoms with van der Waals surface area (Å²) >= 11 is 1.27. The molecule has 0 aliphatic carbocycles. The lowest BCUT2D eigenvalue weighted by molar-refractivity contribution is -0.137. The van der Waals surface area contributed by atoms with Crippen LogP contribution in [0.5, 0.6) is 0 Å². The molecular weight excluding hydrogens is 320 g/mol. The second-order valence-electron chi connectivity index (χ2n) is 5.02. The molecule has 0 amide bonds. The zero-order chi connectivity index (χ0) is 16.8. The van der Waals surface area contributed by atoms with Crippen molar-refractivity contribution in [2.75, 3.05) is 12.9 Å². The topological polar surface area (TPSA) is 52.1 Å². The van der Waals surface area contributed by atoms with Crippen molar-refractivity contribution >= 4 is 17.7 Å². The Hall–Kier alpha value is -2.66. The molecule has 0 atom stereocenters. The molecule has 0 radical (unpaired) electrons. The van der Waals surface area contributed by atoms with Gasteiger partial charge in [-0.15, -0.1) is 0 Å². The van der Waals surface area contributed by atoms with E-state index in [4.69, 9.17) is 0 Å². The normalized spacial score (nSPS) is 10.4. The third-order valence-electron chi connectivity index (χ3n) is 3.39. The van der Waals surface area contributed by atoms with Crippen LogP contribution in [0.15, 0.2) is 71.9 Å². The Balaban J connectivity index is 2.01. The fourth-order valence-electron chi connectivity index (χ4n) is 2.19. The van der Waals surface area contributed by atoms with Gasteiger partial charge in [0.05, 0.1) is 24.3 Å². The minimum atomic E-state index is -0.296. The Labute approximate surface area is 144 Å². The summed E-state index contributed by atoms with van der Waals surface area (Å²) in [6.07, 6.45) is 0. The molecule has 0 unspecified atom stereocenters. The van der Waals surface area contributed by atoms with Gasteiger partial charge < -0.3 is 4.74 Å². The average Bonchev–Trinajstić information content (AvgIpc) is 2.67. The molecule has 0 aliphatic rings. The molecular formula is C19H16N2O2S. The highest BCUT2D eigenvalue weighted by atomic mass is 32.2. The lowest BCUT2D eigenvalue weighted by Gasteiger charge is -2.08. The molecule has 120 valence electrons. The fourth-order valence-corrected chi connectivity index (χ4v) is 2.88. The first kappa shape index (κ1) is 16.2. The first-order chi connectivity index (χ1) is 11.8. The van der Waals surface area contributed by atoms with E-state index < -0.39 is 0 Å². The number of rotatable bonds is 5. The molecule has 0 bridgehead atoms. The highest BCUT2D eigenvalue weighted by molar-refractivity contribution is 7.99. The molecule has 1 aromatic heterocycles. The quantitative estimate of drug-likeness (QED) is 0.399. The number of carbonyl (C=O) groups is 1. The standard InChI is InChI=1S/C19H16N2O2S/c1-23-18(22)13-24-19-20-16(14-8-4-2-5-9-14)12-17(21-19)15-10-6-3-7-11-15/h2-12H,13H2,1H3. The van der Waals surface area contributed by atoms with E-state index in [0.29, 0.717) is 5.16 Å². The monoisotopic (exact) mass is 336 g/mol. The highest BCUT2D eigenvalue weighted by Crippen LogP contribution is 2.26. The predicted octanol–water partition coefficient (Wildman–Crippen LogP) is 4.08. The van der Waals surface area contributed by atoms with Crippen LogP contribution in [0.1, 0.15) is 0 Å². The minimum Gasteiger partial charge on any atom is -0.468 e. The third-order valence-corrected chi connectivity index (χ3v) is 4.21.